The van der Waals surface area contributed by atoms with E-state index in [0.717, 1.165) is 41.1 Å². The summed E-state index contributed by atoms with van der Waals surface area (Å²) < 4.78 is 40.8. The topological polar surface area (TPSA) is 191 Å². The van der Waals surface area contributed by atoms with Crippen molar-refractivity contribution in [1.82, 2.24) is 25.6 Å². The van der Waals surface area contributed by atoms with E-state index in [1.807, 2.05) is 67.1 Å². The Morgan fingerprint density at radius 3 is 1.85 bits per heavy atom. The molecule has 0 fully saturated rings. The summed E-state index contributed by atoms with van der Waals surface area (Å²) in [5.74, 6) is -0.666. The van der Waals surface area contributed by atoms with E-state index in [1.165, 1.54) is 6.92 Å². The largest absolute Gasteiger partial charge is 0.379 e. The van der Waals surface area contributed by atoms with Gasteiger partial charge in [0.05, 0.1) is 116 Å². The maximum atomic E-state index is 13.9. The number of ether oxygens (including phenoxy) is 7. The molecule has 1 aromatic heterocycles. The number of Topliss-reactive ketones (excluding diaryl/α,β-unsaturated/α-hetero) is 1. The van der Waals surface area contributed by atoms with Crippen LogP contribution in [0.1, 0.15) is 58.9 Å². The fourth-order valence-corrected chi connectivity index (χ4v) is 6.65. The van der Waals surface area contributed by atoms with E-state index in [1.54, 1.807) is 4.90 Å². The molecule has 1 unspecified atom stereocenters. The molecule has 3 amide bonds. The van der Waals surface area contributed by atoms with Crippen molar-refractivity contribution in [1.29, 1.82) is 0 Å². The molecule has 1 atom stereocenters. The molecule has 62 heavy (non-hydrogen) atoms. The molecule has 1 aliphatic heterocycles. The second kappa shape index (κ2) is 28.9. The molecule has 2 heterocycles. The van der Waals surface area contributed by atoms with Crippen LogP contribution in [0.15, 0.2) is 48.5 Å². The molecule has 17 nitrogen and oxygen atoms in total. The summed E-state index contributed by atoms with van der Waals surface area (Å²) >= 11 is 0. The lowest BCUT2D eigenvalue weighted by Crippen LogP contribution is -2.43. The van der Waals surface area contributed by atoms with Crippen molar-refractivity contribution in [3.05, 3.63) is 54.1 Å². The number of hydrogen-bond acceptors (Lipinski definition) is 13. The number of hydrogen-bond donors (Lipinski definition) is 2. The molecule has 0 saturated heterocycles. The van der Waals surface area contributed by atoms with Crippen LogP contribution in [0.5, 0.6) is 0 Å². The molecular weight excluding hydrogens is 801 g/mol. The van der Waals surface area contributed by atoms with Crippen LogP contribution in [0.4, 0.5) is 5.69 Å². The van der Waals surface area contributed by atoms with Crippen LogP contribution in [0.3, 0.4) is 0 Å². The molecule has 4 rings (SSSR count). The van der Waals surface area contributed by atoms with Gasteiger partial charge < -0.3 is 48.7 Å². The van der Waals surface area contributed by atoms with E-state index < -0.39 is 6.04 Å². The first-order valence-corrected chi connectivity index (χ1v) is 21.7. The van der Waals surface area contributed by atoms with E-state index >= 15 is 0 Å². The summed E-state index contributed by atoms with van der Waals surface area (Å²) in [4.78, 5) is 52.1. The molecule has 0 spiro atoms. The molecule has 0 saturated carbocycles. The van der Waals surface area contributed by atoms with Crippen molar-refractivity contribution in [3.63, 3.8) is 0 Å². The summed E-state index contributed by atoms with van der Waals surface area (Å²) in [6.45, 7) is 14.2. The highest BCUT2D eigenvalue weighted by molar-refractivity contribution is 6.01. The summed E-state index contributed by atoms with van der Waals surface area (Å²) in [5.41, 5.74) is 4.87. The zero-order chi connectivity index (χ0) is 44.4. The van der Waals surface area contributed by atoms with Crippen LogP contribution >= 0.6 is 0 Å². The third-order valence-corrected chi connectivity index (χ3v) is 9.77. The molecule has 0 bridgehead atoms. The minimum Gasteiger partial charge on any atom is -0.379 e. The van der Waals surface area contributed by atoms with Gasteiger partial charge in [0.2, 0.25) is 17.7 Å². The normalized spacial score (nSPS) is 12.6. The molecule has 2 aromatic carbocycles. The van der Waals surface area contributed by atoms with Crippen LogP contribution in [0, 0.1) is 5.92 Å². The number of rotatable bonds is 32. The van der Waals surface area contributed by atoms with Gasteiger partial charge >= 0.3 is 0 Å². The first-order valence-electron chi connectivity index (χ1n) is 21.7. The highest BCUT2D eigenvalue weighted by Gasteiger charge is 2.29. The first-order chi connectivity index (χ1) is 30.2. The van der Waals surface area contributed by atoms with Gasteiger partial charge in [-0.2, -0.15) is 0 Å². The number of benzene rings is 2. The van der Waals surface area contributed by atoms with Crippen LogP contribution < -0.4 is 15.5 Å². The third-order valence-electron chi connectivity index (χ3n) is 9.77. The lowest BCUT2D eigenvalue weighted by molar-refractivity contribution is -0.128. The third kappa shape index (κ3) is 17.3. The standard InChI is InChI=1S/C45H66N6O11/c1-5-19-56-23-27-60-30-26-59-22-18-51-45-38-12-8-9-13-39(38)50(33-36-10-6-7-11-37(36)44(45)48-49-51)42(55)15-14-40(53)46-17-21-58-25-29-62-32-31-61-28-24-57-20-16-41(54)47-43(34(2)3)35(4)52/h6-13,34,43H,5,14-33H2,1-4H3,(H,46,53)(H,47,54). The number of fused-ring (bicyclic) bond motifs is 5. The van der Waals surface area contributed by atoms with Crippen molar-refractivity contribution in [2.24, 2.45) is 5.92 Å². The Hall–Kier alpha value is -4.62. The number of ketones is 1. The Morgan fingerprint density at radius 2 is 1.23 bits per heavy atom. The summed E-state index contributed by atoms with van der Waals surface area (Å²) in [6.07, 6.45) is 1.20. The van der Waals surface area contributed by atoms with Crippen LogP contribution in [-0.2, 0) is 65.4 Å². The van der Waals surface area contributed by atoms with Gasteiger partial charge in [0, 0.05) is 43.5 Å². The van der Waals surface area contributed by atoms with Gasteiger partial charge in [0.15, 0.2) is 5.78 Å². The smallest absolute Gasteiger partial charge is 0.227 e. The minimum absolute atomic E-state index is 0.0223. The zero-order valence-corrected chi connectivity index (χ0v) is 36.9. The first kappa shape index (κ1) is 50.0. The van der Waals surface area contributed by atoms with Crippen LogP contribution in [0.25, 0.3) is 22.5 Å². The monoisotopic (exact) mass is 866 g/mol. The molecule has 342 valence electrons. The maximum Gasteiger partial charge on any atom is 0.227 e. The Kier molecular flexibility index (Phi) is 23.3. The van der Waals surface area contributed by atoms with Gasteiger partial charge in [-0.3, -0.25) is 19.2 Å². The van der Waals surface area contributed by atoms with Crippen molar-refractivity contribution >= 4 is 29.2 Å². The zero-order valence-electron chi connectivity index (χ0n) is 36.9. The lowest BCUT2D eigenvalue weighted by atomic mass is 9.95. The van der Waals surface area contributed by atoms with Gasteiger partial charge in [-0.05, 0) is 30.9 Å². The molecule has 2 N–H and O–H groups in total. The number of nitrogens with one attached hydrogen (secondary N) is 2. The molecule has 1 aliphatic rings. The molecule has 3 aromatic rings. The van der Waals surface area contributed by atoms with Gasteiger partial charge in [-0.1, -0.05) is 68.4 Å². The lowest BCUT2D eigenvalue weighted by Gasteiger charge is -2.28. The van der Waals surface area contributed by atoms with Crippen molar-refractivity contribution in [2.45, 2.75) is 72.5 Å². The Morgan fingerprint density at radius 1 is 0.661 bits per heavy atom. The number of anilines is 1. The van der Waals surface area contributed by atoms with E-state index in [9.17, 15) is 19.2 Å². The highest BCUT2D eigenvalue weighted by Crippen LogP contribution is 2.41. The molecule has 0 aliphatic carbocycles. The Labute approximate surface area is 365 Å². The number of carbonyl (C=O) groups is 4. The van der Waals surface area contributed by atoms with Crippen LogP contribution in [0.2, 0.25) is 0 Å². The highest BCUT2D eigenvalue weighted by atomic mass is 16.6. The Bertz CT molecular complexity index is 1810. The maximum absolute atomic E-state index is 13.9. The minimum atomic E-state index is -0.482. The fraction of sp³-hybridized carbons (Fsp3) is 0.600. The summed E-state index contributed by atoms with van der Waals surface area (Å²) in [7, 11) is 0. The van der Waals surface area contributed by atoms with Crippen molar-refractivity contribution in [2.75, 3.05) is 104 Å². The number of carbonyl (C=O) groups excluding carboxylic acids is 4. The van der Waals surface area contributed by atoms with Crippen molar-refractivity contribution < 1.29 is 52.3 Å². The van der Waals surface area contributed by atoms with Gasteiger partial charge in [-0.25, -0.2) is 4.68 Å². The number of aromatic nitrogens is 3. The van der Waals surface area contributed by atoms with E-state index in [2.05, 4.69) is 27.9 Å². The van der Waals surface area contributed by atoms with E-state index in [4.69, 9.17) is 33.2 Å². The number of nitrogens with zero attached hydrogens (tertiary/aromatic N) is 4. The Balaban J connectivity index is 1.12. The van der Waals surface area contributed by atoms with Crippen molar-refractivity contribution in [3.8, 4) is 22.5 Å². The average Bonchev–Trinajstić information content (AvgIpc) is 3.68. The van der Waals surface area contributed by atoms with E-state index in [-0.39, 0.29) is 55.3 Å². The fourth-order valence-electron chi connectivity index (χ4n) is 6.65. The van der Waals surface area contributed by atoms with Gasteiger partial charge in [0.25, 0.3) is 0 Å². The number of para-hydroxylation sites is 1. The molecule has 17 heteroatoms. The SMILES string of the molecule is CCCOCCOCCOCCn1nnc2c1-c1ccccc1N(C(=O)CCC(=O)NCCOCCOCCOCCOCCC(=O)NC(C(C)=O)C(C)C)Cc1ccccc1-2. The second-order valence-corrected chi connectivity index (χ2v) is 15.0. The van der Waals surface area contributed by atoms with E-state index in [0.29, 0.717) is 105 Å². The predicted molar refractivity (Wildman–Crippen MR) is 232 cm³/mol. The number of amides is 3. The average molecular weight is 867 g/mol. The summed E-state index contributed by atoms with van der Waals surface area (Å²) in [5, 5.41) is 14.7. The van der Waals surface area contributed by atoms with Gasteiger partial charge in [0.1, 0.15) is 5.69 Å². The van der Waals surface area contributed by atoms with Crippen LogP contribution in [-0.4, -0.2) is 144 Å². The predicted octanol–water partition coefficient (Wildman–Crippen LogP) is 4.00. The second-order valence-electron chi connectivity index (χ2n) is 15.0. The molecule has 0 radical (unpaired) electrons. The molecular formula is C45H66N6O11. The quantitative estimate of drug-likeness (QED) is 0.0858. The summed E-state index contributed by atoms with van der Waals surface area (Å²) in [6, 6.07) is 15.1. The van der Waals surface area contributed by atoms with Gasteiger partial charge in [-0.15, -0.1) is 5.10 Å².